The van der Waals surface area contributed by atoms with Crippen LogP contribution in [0.3, 0.4) is 0 Å². The van der Waals surface area contributed by atoms with Gasteiger partial charge in [0.15, 0.2) is 23.0 Å². The van der Waals surface area contributed by atoms with E-state index in [1.54, 1.807) is 0 Å². The number of nitrogen functional groups attached to an aromatic ring is 2. The van der Waals surface area contributed by atoms with Gasteiger partial charge in [0.05, 0.1) is 59.0 Å². The van der Waals surface area contributed by atoms with Crippen molar-refractivity contribution in [2.45, 2.75) is 19.6 Å². The molecule has 6 aromatic rings. The average Bonchev–Trinajstić information content (AvgIpc) is 3.26. The Kier molecular flexibility index (Phi) is 23.9. The average molecular weight is 1140 g/mol. The molecule has 0 aromatic heterocycles. The number of azo groups is 2. The fourth-order valence-electron chi connectivity index (χ4n) is 6.67. The van der Waals surface area contributed by atoms with Crippen LogP contribution in [0.4, 0.5) is 34.1 Å². The van der Waals surface area contributed by atoms with Crippen LogP contribution in [-0.2, 0) is 49.9 Å². The minimum absolute atomic E-state index is 0. The molecule has 0 amide bonds. The monoisotopic (exact) mass is 1140 g/mol. The Bertz CT molecular complexity index is 3360. The van der Waals surface area contributed by atoms with Gasteiger partial charge in [0, 0.05) is 23.5 Å². The molecule has 6 N–H and O–H groups in total. The molecule has 0 saturated heterocycles. The van der Waals surface area contributed by atoms with E-state index in [9.17, 15) is 62.1 Å². The number of ether oxygens (including phenoxy) is 6. The molecular formula is C40H34N6Na4O20S4. The molecule has 0 saturated carbocycles. The minimum atomic E-state index is -5.18. The van der Waals surface area contributed by atoms with E-state index in [1.165, 1.54) is 36.4 Å². The predicted octanol–water partition coefficient (Wildman–Crippen LogP) is -8.28. The van der Waals surface area contributed by atoms with Crippen LogP contribution in [0.2, 0.25) is 0 Å². The first-order valence-corrected chi connectivity index (χ1v) is 25.4. The molecule has 1 aliphatic heterocycles. The molecule has 372 valence electrons. The van der Waals surface area contributed by atoms with Crippen molar-refractivity contribution in [1.29, 1.82) is 0 Å². The summed E-state index contributed by atoms with van der Waals surface area (Å²) in [5.74, 6) is -1.71. The van der Waals surface area contributed by atoms with Crippen LogP contribution in [-0.4, -0.2) is 105 Å². The summed E-state index contributed by atoms with van der Waals surface area (Å²) in [7, 11) is -20.5. The van der Waals surface area contributed by atoms with Crippen molar-refractivity contribution in [1.82, 2.24) is 0 Å². The zero-order chi connectivity index (χ0) is 50.8. The van der Waals surface area contributed by atoms with Gasteiger partial charge in [-0.1, -0.05) is 11.5 Å². The van der Waals surface area contributed by atoms with E-state index in [0.717, 1.165) is 36.4 Å². The summed E-state index contributed by atoms with van der Waals surface area (Å²) >= 11 is 0. The Labute approximate surface area is 510 Å². The normalized spacial score (nSPS) is 14.2. The molecule has 0 bridgehead atoms. The molecule has 0 spiro atoms. The summed E-state index contributed by atoms with van der Waals surface area (Å²) in [6, 6.07) is 12.6. The van der Waals surface area contributed by atoms with Crippen molar-refractivity contribution < 1.29 is 209 Å². The van der Waals surface area contributed by atoms with E-state index in [1.807, 2.05) is 0 Å². The van der Waals surface area contributed by atoms with E-state index in [2.05, 4.69) is 20.5 Å². The molecule has 0 fully saturated rings. The third kappa shape index (κ3) is 16.0. The fourth-order valence-corrected chi connectivity index (χ4v) is 9.06. The summed E-state index contributed by atoms with van der Waals surface area (Å²) in [6.07, 6.45) is 0. The van der Waals surface area contributed by atoms with Gasteiger partial charge in [0.2, 0.25) is 0 Å². The quantitative estimate of drug-likeness (QED) is 0.0476. The molecule has 0 atom stereocenters. The van der Waals surface area contributed by atoms with Crippen molar-refractivity contribution in [3.63, 3.8) is 0 Å². The standard InChI is InChI=1S/C40H38N6O20S4.4Na/c41-27-19-25(67(49,50)51)13-21-15-33(69(55,56)57)37(39(47)35(21)27)45-43-23-1-3-29-31(17-23)65-11-7-62-6-10-64-30-4-2-24(18-32(30)66-12-8-61-5-9-63-29)44-46-38-34(70(58,59)60)16-22-14-26(68(52,53)54)20-28(42)36(22)40(38)48;;;;/h1-4,13-20,47-48H,5-12,41-42H2,(H,49,50,51)(H,52,53,54)(H,55,56,57)(H,58,59,60);;;;/q;4*+1/p-4. The van der Waals surface area contributed by atoms with Crippen LogP contribution < -0.4 is 159 Å². The molecule has 0 aliphatic carbocycles. The molecule has 7 rings (SSSR count). The summed E-state index contributed by atoms with van der Waals surface area (Å²) in [6.45, 7) is -0.175. The van der Waals surface area contributed by atoms with Crippen LogP contribution in [0.5, 0.6) is 34.5 Å². The van der Waals surface area contributed by atoms with Gasteiger partial charge in [0.25, 0.3) is 20.2 Å². The Morgan fingerprint density at radius 1 is 0.446 bits per heavy atom. The van der Waals surface area contributed by atoms with Crippen LogP contribution in [0.25, 0.3) is 21.5 Å². The van der Waals surface area contributed by atoms with Crippen molar-refractivity contribution in [2.24, 2.45) is 20.5 Å². The third-order valence-electron chi connectivity index (χ3n) is 9.73. The van der Waals surface area contributed by atoms with Crippen molar-refractivity contribution in [3.05, 3.63) is 72.8 Å². The maximum atomic E-state index is 13.5. The Balaban J connectivity index is 0.00000361. The van der Waals surface area contributed by atoms with Crippen molar-refractivity contribution >= 4 is 96.1 Å². The SMILES string of the molecule is Nc1cc(S(=O)(=O)[O-])cc2cc(S(=O)(=O)O)c(N=Nc3ccc4c(c3)OCCOCCOc3ccc(N=Nc5c(S(=O)(=O)O)cc6cc(S(=O)(=O)[O-])cc(N)c6c5[O-])cc3OCCOCCO4)c([O-])c12.[Na+].[Na+].[Na+].[Na+]. The van der Waals surface area contributed by atoms with Gasteiger partial charge in [-0.25, -0.2) is 16.8 Å². The second-order valence-electron chi connectivity index (χ2n) is 14.5. The Morgan fingerprint density at radius 2 is 0.770 bits per heavy atom. The molecule has 74 heavy (non-hydrogen) atoms. The fraction of sp³-hybridized carbons (Fsp3) is 0.200. The van der Waals surface area contributed by atoms with E-state index < -0.39 is 94.3 Å². The Hall–Kier alpha value is -3.00. The van der Waals surface area contributed by atoms with Gasteiger partial charge in [-0.15, -0.1) is 10.2 Å². The summed E-state index contributed by atoms with van der Waals surface area (Å²) in [5.41, 5.74) is 9.07. The topological polar surface area (TPSA) is 426 Å². The maximum Gasteiger partial charge on any atom is 1.00 e. The number of rotatable bonds is 8. The zero-order valence-corrected chi connectivity index (χ0v) is 50.7. The van der Waals surface area contributed by atoms with E-state index in [-0.39, 0.29) is 227 Å². The van der Waals surface area contributed by atoms with Gasteiger partial charge >= 0.3 is 118 Å². The smallest absolute Gasteiger partial charge is 0.870 e. The molecule has 6 aromatic carbocycles. The van der Waals surface area contributed by atoms with Crippen molar-refractivity contribution in [2.75, 3.05) is 64.3 Å². The summed E-state index contributed by atoms with van der Waals surface area (Å²) in [5, 5.41) is 40.9. The summed E-state index contributed by atoms with van der Waals surface area (Å²) in [4.78, 5) is -3.77. The molecule has 1 heterocycles. The van der Waals surface area contributed by atoms with Gasteiger partial charge in [-0.3, -0.25) is 9.11 Å². The van der Waals surface area contributed by atoms with Crippen LogP contribution in [0.15, 0.2) is 113 Å². The largest absolute Gasteiger partial charge is 1.00 e. The molecule has 34 heteroatoms. The first-order chi connectivity index (χ1) is 32.9. The maximum absolute atomic E-state index is 13.5. The molecule has 26 nitrogen and oxygen atoms in total. The minimum Gasteiger partial charge on any atom is -0.870 e. The molecular weight excluding hydrogens is 1100 g/mol. The number of benzene rings is 6. The van der Waals surface area contributed by atoms with Crippen LogP contribution in [0, 0.1) is 0 Å². The molecule has 1 aliphatic rings. The number of anilines is 2. The molecule has 0 unspecified atom stereocenters. The first kappa shape index (κ1) is 65.3. The zero-order valence-electron chi connectivity index (χ0n) is 39.4. The third-order valence-corrected chi connectivity index (χ3v) is 13.1. The van der Waals surface area contributed by atoms with Gasteiger partial charge in [0.1, 0.15) is 56.5 Å². The second kappa shape index (κ2) is 27.0. The number of fused-ring (bicyclic) bond motifs is 4. The van der Waals surface area contributed by atoms with E-state index >= 15 is 0 Å². The van der Waals surface area contributed by atoms with Crippen LogP contribution >= 0.6 is 0 Å². The predicted molar refractivity (Wildman–Crippen MR) is 236 cm³/mol. The van der Waals surface area contributed by atoms with Gasteiger partial charge in [-0.2, -0.15) is 27.1 Å². The van der Waals surface area contributed by atoms with Crippen molar-refractivity contribution in [3.8, 4) is 34.5 Å². The van der Waals surface area contributed by atoms with E-state index in [4.69, 9.17) is 39.9 Å². The van der Waals surface area contributed by atoms with E-state index in [0.29, 0.717) is 0 Å². The number of hydrogen-bond acceptors (Lipinski definition) is 24. The van der Waals surface area contributed by atoms with Crippen LogP contribution in [0.1, 0.15) is 0 Å². The first-order valence-electron chi connectivity index (χ1n) is 19.7. The number of nitrogens with zero attached hydrogens (tertiary/aromatic N) is 4. The van der Waals surface area contributed by atoms with Gasteiger partial charge < -0.3 is 59.2 Å². The Morgan fingerprint density at radius 3 is 1.08 bits per heavy atom. The van der Waals surface area contributed by atoms with Gasteiger partial charge in [-0.05, 0) is 82.2 Å². The number of hydrogen-bond donors (Lipinski definition) is 4. The number of nitrogens with two attached hydrogens (primary N) is 2. The molecule has 0 radical (unpaired) electrons. The summed E-state index contributed by atoms with van der Waals surface area (Å²) < 4.78 is 174. The second-order valence-corrected chi connectivity index (χ2v) is 20.0.